The molecular formula is C22H22N2O8. The lowest BCUT2D eigenvalue weighted by atomic mass is 10.1. The molecule has 0 N–H and O–H groups in total. The molecular weight excluding hydrogens is 420 g/mol. The molecule has 0 spiro atoms. The van der Waals surface area contributed by atoms with Crippen molar-refractivity contribution in [2.75, 3.05) is 13.2 Å². The fraction of sp³-hybridized carbons (Fsp3) is 0.364. The molecule has 1 aromatic rings. The van der Waals surface area contributed by atoms with Crippen LogP contribution >= 0.6 is 0 Å². The first-order valence-corrected chi connectivity index (χ1v) is 9.72. The molecule has 10 nitrogen and oxygen atoms in total. The summed E-state index contributed by atoms with van der Waals surface area (Å²) in [4.78, 5) is 51.4. The fourth-order valence-corrected chi connectivity index (χ4v) is 2.57. The maximum atomic E-state index is 12.0. The average Bonchev–Trinajstić information content (AvgIpc) is 2.79. The number of carbonyl (C=O) groups is 2. The normalized spacial score (nSPS) is 16.4. The molecule has 1 aliphatic carbocycles. The van der Waals surface area contributed by atoms with E-state index < -0.39 is 24.1 Å². The SMILES string of the molecule is CC(Oc1ccc(N=C=O)cc1)C(=O)OCCOC(=O)C(C)OC1C=CC(N=C=O)=CC1. The summed E-state index contributed by atoms with van der Waals surface area (Å²) >= 11 is 0. The van der Waals surface area contributed by atoms with Crippen molar-refractivity contribution in [2.24, 2.45) is 9.98 Å². The van der Waals surface area contributed by atoms with Crippen LogP contribution < -0.4 is 4.74 Å². The van der Waals surface area contributed by atoms with Gasteiger partial charge in [0.25, 0.3) is 0 Å². The van der Waals surface area contributed by atoms with Crippen molar-refractivity contribution in [3.8, 4) is 5.75 Å². The van der Waals surface area contributed by atoms with E-state index in [0.29, 0.717) is 23.6 Å². The molecule has 0 bridgehead atoms. The molecule has 0 aliphatic heterocycles. The molecule has 0 amide bonds. The van der Waals surface area contributed by atoms with Gasteiger partial charge in [-0.3, -0.25) is 0 Å². The first-order chi connectivity index (χ1) is 15.4. The minimum Gasteiger partial charge on any atom is -0.479 e. The Balaban J connectivity index is 1.65. The first kappa shape index (κ1) is 24.4. The van der Waals surface area contributed by atoms with Crippen LogP contribution in [0.3, 0.4) is 0 Å². The lowest BCUT2D eigenvalue weighted by Crippen LogP contribution is -2.30. The molecule has 0 heterocycles. The highest BCUT2D eigenvalue weighted by molar-refractivity contribution is 5.75. The molecule has 3 atom stereocenters. The van der Waals surface area contributed by atoms with Crippen LogP contribution in [0.4, 0.5) is 5.69 Å². The van der Waals surface area contributed by atoms with Gasteiger partial charge in [-0.25, -0.2) is 19.2 Å². The number of rotatable bonds is 11. The summed E-state index contributed by atoms with van der Waals surface area (Å²) in [7, 11) is 0. The number of esters is 2. The summed E-state index contributed by atoms with van der Waals surface area (Å²) in [5, 5.41) is 0. The van der Waals surface area contributed by atoms with Gasteiger partial charge in [0.05, 0.1) is 17.5 Å². The Bertz CT molecular complexity index is 957. The van der Waals surface area contributed by atoms with Gasteiger partial charge in [-0.15, -0.1) is 0 Å². The van der Waals surface area contributed by atoms with Crippen molar-refractivity contribution in [1.82, 2.24) is 0 Å². The van der Waals surface area contributed by atoms with Gasteiger partial charge < -0.3 is 18.9 Å². The van der Waals surface area contributed by atoms with E-state index in [0.717, 1.165) is 0 Å². The van der Waals surface area contributed by atoms with Gasteiger partial charge >= 0.3 is 11.9 Å². The van der Waals surface area contributed by atoms with Crippen molar-refractivity contribution in [3.05, 3.63) is 48.2 Å². The van der Waals surface area contributed by atoms with E-state index in [1.165, 1.54) is 19.1 Å². The van der Waals surface area contributed by atoms with Crippen LogP contribution in [-0.2, 0) is 33.4 Å². The van der Waals surface area contributed by atoms with E-state index in [2.05, 4.69) is 9.98 Å². The molecule has 0 saturated heterocycles. The third-order valence-electron chi connectivity index (χ3n) is 4.15. The smallest absolute Gasteiger partial charge is 0.347 e. The monoisotopic (exact) mass is 442 g/mol. The highest BCUT2D eigenvalue weighted by atomic mass is 16.6. The van der Waals surface area contributed by atoms with Crippen molar-refractivity contribution in [3.63, 3.8) is 0 Å². The van der Waals surface area contributed by atoms with E-state index in [-0.39, 0.29) is 19.3 Å². The lowest BCUT2D eigenvalue weighted by molar-refractivity contribution is -0.163. The van der Waals surface area contributed by atoms with Gasteiger partial charge in [0.2, 0.25) is 12.2 Å². The van der Waals surface area contributed by atoms with Crippen LogP contribution in [0.1, 0.15) is 20.3 Å². The van der Waals surface area contributed by atoms with E-state index >= 15 is 0 Å². The molecule has 0 saturated carbocycles. The molecule has 3 unspecified atom stereocenters. The highest BCUT2D eigenvalue weighted by Crippen LogP contribution is 2.19. The van der Waals surface area contributed by atoms with Crippen LogP contribution in [-0.4, -0.2) is 55.6 Å². The molecule has 32 heavy (non-hydrogen) atoms. The van der Waals surface area contributed by atoms with Gasteiger partial charge in [0.1, 0.15) is 19.0 Å². The maximum Gasteiger partial charge on any atom is 0.347 e. The van der Waals surface area contributed by atoms with Crippen LogP contribution in [0.25, 0.3) is 0 Å². The van der Waals surface area contributed by atoms with E-state index in [1.807, 2.05) is 0 Å². The van der Waals surface area contributed by atoms with Crippen LogP contribution in [0.5, 0.6) is 5.75 Å². The number of nitrogens with zero attached hydrogens (tertiary/aromatic N) is 2. The molecule has 0 aromatic heterocycles. The second-order valence-corrected chi connectivity index (χ2v) is 6.54. The van der Waals surface area contributed by atoms with E-state index in [1.54, 1.807) is 49.4 Å². The zero-order chi connectivity index (χ0) is 23.3. The molecule has 1 aromatic carbocycles. The summed E-state index contributed by atoms with van der Waals surface area (Å²) < 4.78 is 21.1. The summed E-state index contributed by atoms with van der Waals surface area (Å²) in [5.74, 6) is -0.834. The number of aliphatic imine (C=N–C) groups is 2. The average molecular weight is 442 g/mol. The van der Waals surface area contributed by atoms with Crippen molar-refractivity contribution >= 4 is 29.8 Å². The number of ether oxygens (including phenoxy) is 4. The minimum atomic E-state index is -0.895. The number of carbonyl (C=O) groups excluding carboxylic acids is 4. The third kappa shape index (κ3) is 8.12. The largest absolute Gasteiger partial charge is 0.479 e. The Morgan fingerprint density at radius 3 is 2.19 bits per heavy atom. The minimum absolute atomic E-state index is 0.137. The molecule has 2 rings (SSSR count). The predicted molar refractivity (Wildman–Crippen MR) is 111 cm³/mol. The third-order valence-corrected chi connectivity index (χ3v) is 4.15. The summed E-state index contributed by atoms with van der Waals surface area (Å²) in [6.07, 6.45) is 6.25. The molecule has 10 heteroatoms. The van der Waals surface area contributed by atoms with Gasteiger partial charge in [-0.1, -0.05) is 12.2 Å². The Morgan fingerprint density at radius 1 is 1.00 bits per heavy atom. The number of benzene rings is 1. The van der Waals surface area contributed by atoms with Crippen molar-refractivity contribution < 1.29 is 38.1 Å². The van der Waals surface area contributed by atoms with Gasteiger partial charge in [0.15, 0.2) is 12.2 Å². The number of isocyanates is 2. The van der Waals surface area contributed by atoms with Gasteiger partial charge in [-0.05, 0) is 50.6 Å². The molecule has 168 valence electrons. The number of hydrogen-bond acceptors (Lipinski definition) is 10. The standard InChI is InChI=1S/C22H22N2O8/c1-15(31-19-7-3-17(4-8-19)23-13-25)21(27)29-11-12-30-22(28)16(2)32-20-9-5-18(6-10-20)24-14-26/h3-9,15-16,20H,10-12H2,1-2H3. The molecule has 0 fully saturated rings. The Morgan fingerprint density at radius 2 is 1.62 bits per heavy atom. The zero-order valence-corrected chi connectivity index (χ0v) is 17.6. The maximum absolute atomic E-state index is 12.0. The van der Waals surface area contributed by atoms with Crippen LogP contribution in [0.2, 0.25) is 0 Å². The van der Waals surface area contributed by atoms with Crippen molar-refractivity contribution in [1.29, 1.82) is 0 Å². The number of allylic oxidation sites excluding steroid dienone is 1. The lowest BCUT2D eigenvalue weighted by Gasteiger charge is -2.20. The Hall–Kier alpha value is -3.84. The summed E-state index contributed by atoms with van der Waals surface area (Å²) in [6, 6.07) is 6.18. The van der Waals surface area contributed by atoms with Crippen molar-refractivity contribution in [2.45, 2.75) is 38.6 Å². The second-order valence-electron chi connectivity index (χ2n) is 6.54. The number of hydrogen-bond donors (Lipinski definition) is 0. The topological polar surface area (TPSA) is 130 Å². The van der Waals surface area contributed by atoms with Gasteiger partial charge in [0, 0.05) is 0 Å². The van der Waals surface area contributed by atoms with Crippen LogP contribution in [0, 0.1) is 0 Å². The highest BCUT2D eigenvalue weighted by Gasteiger charge is 2.21. The van der Waals surface area contributed by atoms with Gasteiger partial charge in [-0.2, -0.15) is 9.98 Å². The molecule has 0 radical (unpaired) electrons. The Labute approximate surface area is 184 Å². The second kappa shape index (κ2) is 12.8. The summed E-state index contributed by atoms with van der Waals surface area (Å²) in [6.45, 7) is 2.78. The Kier molecular flexibility index (Phi) is 9.74. The van der Waals surface area contributed by atoms with Crippen LogP contribution in [0.15, 0.2) is 58.2 Å². The van der Waals surface area contributed by atoms with E-state index in [4.69, 9.17) is 18.9 Å². The first-order valence-electron chi connectivity index (χ1n) is 9.72. The predicted octanol–water partition coefficient (Wildman–Crippen LogP) is 2.46. The zero-order valence-electron chi connectivity index (χ0n) is 17.6. The van der Waals surface area contributed by atoms with E-state index in [9.17, 15) is 19.2 Å². The summed E-state index contributed by atoms with van der Waals surface area (Å²) in [5.41, 5.74) is 0.898. The molecule has 1 aliphatic rings. The fourth-order valence-electron chi connectivity index (χ4n) is 2.57. The quantitative estimate of drug-likeness (QED) is 0.221.